The number of H-pyrrole nitrogens is 1. The van der Waals surface area contributed by atoms with Gasteiger partial charge in [0, 0.05) is 17.0 Å². The third kappa shape index (κ3) is 3.66. The molecule has 0 atom stereocenters. The third-order valence-corrected chi connectivity index (χ3v) is 5.64. The van der Waals surface area contributed by atoms with Crippen LogP contribution in [0.2, 0.25) is 5.02 Å². The van der Waals surface area contributed by atoms with Crippen LogP contribution in [-0.4, -0.2) is 22.9 Å². The Labute approximate surface area is 184 Å². The van der Waals surface area contributed by atoms with Crippen molar-refractivity contribution < 1.29 is 9.53 Å². The number of aromatic nitrogens is 2. The van der Waals surface area contributed by atoms with E-state index in [1.54, 1.807) is 13.2 Å². The number of nitrogens with zero attached hydrogens (tertiary/aromatic N) is 1. The van der Waals surface area contributed by atoms with Gasteiger partial charge in [0.2, 0.25) is 0 Å². The van der Waals surface area contributed by atoms with E-state index in [1.165, 1.54) is 0 Å². The summed E-state index contributed by atoms with van der Waals surface area (Å²) in [6.07, 6.45) is 0.296. The van der Waals surface area contributed by atoms with Gasteiger partial charge in [-0.3, -0.25) is 4.79 Å². The van der Waals surface area contributed by atoms with Gasteiger partial charge in [0.05, 0.1) is 23.7 Å². The maximum absolute atomic E-state index is 12.8. The van der Waals surface area contributed by atoms with E-state index in [2.05, 4.69) is 17.1 Å². The van der Waals surface area contributed by atoms with E-state index >= 15 is 0 Å². The Morgan fingerprint density at radius 1 is 1.00 bits per heavy atom. The average molecular weight is 427 g/mol. The number of hydrogen-bond acceptors (Lipinski definition) is 3. The molecule has 1 heterocycles. The second-order valence-corrected chi connectivity index (χ2v) is 7.85. The SMILES string of the molecule is COc1ccc2ccccc2c1-c1nc2ccc(C(=O)Cc3cccc(Cl)c3)cc2[nH]1. The first kappa shape index (κ1) is 19.3. The lowest BCUT2D eigenvalue weighted by molar-refractivity contribution is 0.0993. The molecule has 5 heteroatoms. The van der Waals surface area contributed by atoms with E-state index in [0.717, 1.165) is 38.7 Å². The van der Waals surface area contributed by atoms with Crippen molar-refractivity contribution in [2.45, 2.75) is 6.42 Å². The number of nitrogens with one attached hydrogen (secondary N) is 1. The molecular formula is C26H19ClN2O2. The molecule has 4 nitrogen and oxygen atoms in total. The first-order chi connectivity index (χ1) is 15.1. The summed E-state index contributed by atoms with van der Waals surface area (Å²) in [5.74, 6) is 1.49. The highest BCUT2D eigenvalue weighted by Gasteiger charge is 2.16. The second kappa shape index (κ2) is 7.89. The van der Waals surface area contributed by atoms with Gasteiger partial charge < -0.3 is 9.72 Å². The Morgan fingerprint density at radius 2 is 1.87 bits per heavy atom. The minimum Gasteiger partial charge on any atom is -0.496 e. The molecule has 5 aromatic rings. The lowest BCUT2D eigenvalue weighted by atomic mass is 10.0. The minimum absolute atomic E-state index is 0.0306. The number of fused-ring (bicyclic) bond motifs is 2. The molecule has 0 bridgehead atoms. The Hall–Kier alpha value is -3.63. The first-order valence-electron chi connectivity index (χ1n) is 9.96. The lowest BCUT2D eigenvalue weighted by Crippen LogP contribution is -2.03. The normalized spacial score (nSPS) is 11.2. The Morgan fingerprint density at radius 3 is 2.71 bits per heavy atom. The molecule has 5 rings (SSSR count). The van der Waals surface area contributed by atoms with E-state index < -0.39 is 0 Å². The fraction of sp³-hybridized carbons (Fsp3) is 0.0769. The standard InChI is InChI=1S/C26H19ClN2O2/c1-31-24-12-10-17-6-2-3-8-20(17)25(24)26-28-21-11-9-18(15-22(21)29-26)23(30)14-16-5-4-7-19(27)13-16/h2-13,15H,14H2,1H3,(H,28,29). The maximum atomic E-state index is 12.8. The van der Waals surface area contributed by atoms with Gasteiger partial charge in [-0.2, -0.15) is 0 Å². The van der Waals surface area contributed by atoms with E-state index in [0.29, 0.717) is 22.8 Å². The molecule has 0 unspecified atom stereocenters. The zero-order valence-corrected chi connectivity index (χ0v) is 17.6. The third-order valence-electron chi connectivity index (χ3n) is 5.41. The first-order valence-corrected chi connectivity index (χ1v) is 10.3. The van der Waals surface area contributed by atoms with Crippen LogP contribution in [0.3, 0.4) is 0 Å². The molecule has 0 spiro atoms. The number of methoxy groups -OCH3 is 1. The molecule has 0 aliphatic heterocycles. The molecule has 0 radical (unpaired) electrons. The van der Waals surface area contributed by atoms with E-state index in [1.807, 2.05) is 60.7 Å². The number of hydrogen-bond donors (Lipinski definition) is 1. The summed E-state index contributed by atoms with van der Waals surface area (Å²) < 4.78 is 5.62. The molecule has 0 fully saturated rings. The number of carbonyl (C=O) groups excluding carboxylic acids is 1. The van der Waals surface area contributed by atoms with Crippen LogP contribution in [0.1, 0.15) is 15.9 Å². The molecule has 1 N–H and O–H groups in total. The van der Waals surface area contributed by atoms with Gasteiger partial charge in [-0.1, -0.05) is 54.1 Å². The maximum Gasteiger partial charge on any atom is 0.167 e. The molecular weight excluding hydrogens is 408 g/mol. The zero-order valence-electron chi connectivity index (χ0n) is 16.9. The molecule has 31 heavy (non-hydrogen) atoms. The van der Waals surface area contributed by atoms with Gasteiger partial charge >= 0.3 is 0 Å². The van der Waals surface area contributed by atoms with Crippen molar-refractivity contribution in [1.82, 2.24) is 9.97 Å². The summed E-state index contributed by atoms with van der Waals surface area (Å²) in [5, 5.41) is 2.79. The second-order valence-electron chi connectivity index (χ2n) is 7.41. The summed E-state index contributed by atoms with van der Waals surface area (Å²) in [5.41, 5.74) is 4.03. The smallest absolute Gasteiger partial charge is 0.167 e. The van der Waals surface area contributed by atoms with Crippen LogP contribution in [-0.2, 0) is 6.42 Å². The molecule has 0 saturated carbocycles. The number of benzene rings is 4. The Balaban J connectivity index is 1.55. The molecule has 152 valence electrons. The number of halogens is 1. The van der Waals surface area contributed by atoms with Gasteiger partial charge in [-0.05, 0) is 52.7 Å². The van der Waals surface area contributed by atoms with Crippen molar-refractivity contribution in [3.63, 3.8) is 0 Å². The van der Waals surface area contributed by atoms with E-state index in [9.17, 15) is 4.79 Å². The van der Waals surface area contributed by atoms with Gasteiger partial charge in [-0.15, -0.1) is 0 Å². The fourth-order valence-corrected chi connectivity index (χ4v) is 4.11. The number of ketones is 1. The summed E-state index contributed by atoms with van der Waals surface area (Å²) in [7, 11) is 1.66. The largest absolute Gasteiger partial charge is 0.496 e. The van der Waals surface area contributed by atoms with Crippen LogP contribution >= 0.6 is 11.6 Å². The molecule has 0 aliphatic carbocycles. The predicted octanol–water partition coefficient (Wildman–Crippen LogP) is 6.47. The van der Waals surface area contributed by atoms with Crippen LogP contribution in [0, 0.1) is 0 Å². The number of rotatable bonds is 5. The van der Waals surface area contributed by atoms with Crippen LogP contribution in [0.25, 0.3) is 33.2 Å². The molecule has 0 amide bonds. The molecule has 4 aromatic carbocycles. The van der Waals surface area contributed by atoms with Gasteiger partial charge in [0.1, 0.15) is 11.6 Å². The van der Waals surface area contributed by atoms with Crippen LogP contribution in [0.5, 0.6) is 5.75 Å². The van der Waals surface area contributed by atoms with Crippen molar-refractivity contribution in [2.24, 2.45) is 0 Å². The van der Waals surface area contributed by atoms with Crippen LogP contribution < -0.4 is 4.74 Å². The highest BCUT2D eigenvalue weighted by Crippen LogP contribution is 2.36. The monoisotopic (exact) mass is 426 g/mol. The quantitative estimate of drug-likeness (QED) is 0.327. The number of aromatic amines is 1. The Kier molecular flexibility index (Phi) is 4.92. The summed E-state index contributed by atoms with van der Waals surface area (Å²) in [6, 6.07) is 25.0. The number of ether oxygens (including phenoxy) is 1. The highest BCUT2D eigenvalue weighted by molar-refractivity contribution is 6.30. The molecule has 0 saturated heterocycles. The van der Waals surface area contributed by atoms with Crippen LogP contribution in [0.4, 0.5) is 0 Å². The summed E-state index contributed by atoms with van der Waals surface area (Å²) >= 11 is 6.04. The van der Waals surface area contributed by atoms with Crippen molar-refractivity contribution in [3.05, 3.63) is 95.0 Å². The van der Waals surface area contributed by atoms with Gasteiger partial charge in [0.25, 0.3) is 0 Å². The Bertz CT molecular complexity index is 1440. The predicted molar refractivity (Wildman–Crippen MR) is 125 cm³/mol. The van der Waals surface area contributed by atoms with Gasteiger partial charge in [-0.25, -0.2) is 4.98 Å². The highest BCUT2D eigenvalue weighted by atomic mass is 35.5. The topological polar surface area (TPSA) is 55.0 Å². The van der Waals surface area contributed by atoms with Crippen LogP contribution in [0.15, 0.2) is 78.9 Å². The lowest BCUT2D eigenvalue weighted by Gasteiger charge is -2.09. The van der Waals surface area contributed by atoms with Crippen molar-refractivity contribution in [1.29, 1.82) is 0 Å². The van der Waals surface area contributed by atoms with E-state index in [4.69, 9.17) is 21.3 Å². The van der Waals surface area contributed by atoms with Crippen molar-refractivity contribution in [3.8, 4) is 17.1 Å². The molecule has 1 aromatic heterocycles. The number of Topliss-reactive ketones (excluding diaryl/α,β-unsaturated/α-hetero) is 1. The minimum atomic E-state index is 0.0306. The van der Waals surface area contributed by atoms with Crippen molar-refractivity contribution >= 4 is 39.2 Å². The molecule has 0 aliphatic rings. The number of carbonyl (C=O) groups is 1. The van der Waals surface area contributed by atoms with E-state index in [-0.39, 0.29) is 5.78 Å². The fourth-order valence-electron chi connectivity index (χ4n) is 3.90. The zero-order chi connectivity index (χ0) is 21.4. The number of imidazole rings is 1. The van der Waals surface area contributed by atoms with Gasteiger partial charge in [0.15, 0.2) is 5.78 Å². The summed E-state index contributed by atoms with van der Waals surface area (Å²) in [4.78, 5) is 21.0. The average Bonchev–Trinajstić information content (AvgIpc) is 3.21. The summed E-state index contributed by atoms with van der Waals surface area (Å²) in [6.45, 7) is 0. The van der Waals surface area contributed by atoms with Crippen molar-refractivity contribution in [2.75, 3.05) is 7.11 Å².